The van der Waals surface area contributed by atoms with E-state index in [2.05, 4.69) is 43.5 Å². The van der Waals surface area contributed by atoms with Crippen LogP contribution in [0.25, 0.3) is 0 Å². The van der Waals surface area contributed by atoms with Gasteiger partial charge in [-0.3, -0.25) is 4.79 Å². The van der Waals surface area contributed by atoms with E-state index in [1.807, 2.05) is 6.08 Å². The maximum atomic E-state index is 13.2. The van der Waals surface area contributed by atoms with Crippen LogP contribution in [0.3, 0.4) is 0 Å². The van der Waals surface area contributed by atoms with Gasteiger partial charge in [-0.15, -0.1) is 0 Å². The normalized spacial score (nSPS) is 25.3. The van der Waals surface area contributed by atoms with Crippen LogP contribution < -0.4 is 5.32 Å². The second-order valence-corrected chi connectivity index (χ2v) is 21.8. The fourth-order valence-corrected chi connectivity index (χ4v) is 10.1. The van der Waals surface area contributed by atoms with E-state index in [1.165, 1.54) is 167 Å². The van der Waals surface area contributed by atoms with Gasteiger partial charge in [0.05, 0.1) is 32.0 Å². The number of hydrogen-bond acceptors (Lipinski definition) is 13. The minimum atomic E-state index is -1.79. The summed E-state index contributed by atoms with van der Waals surface area (Å²) >= 11 is 0. The number of aliphatic hydroxyl groups excluding tert-OH is 8. The molecular weight excluding hydrogens is 955 g/mol. The molecule has 0 aromatic carbocycles. The summed E-state index contributed by atoms with van der Waals surface area (Å²) in [7, 11) is 0. The quantitative estimate of drug-likeness (QED) is 0.0204. The summed E-state index contributed by atoms with van der Waals surface area (Å²) in [5.74, 6) is -0.258. The van der Waals surface area contributed by atoms with Crippen LogP contribution in [0.15, 0.2) is 36.5 Å². The minimum absolute atomic E-state index is 0.258. The van der Waals surface area contributed by atoms with Gasteiger partial charge in [0.15, 0.2) is 12.6 Å². The smallest absolute Gasteiger partial charge is 0.220 e. The van der Waals surface area contributed by atoms with Crippen molar-refractivity contribution >= 4 is 5.91 Å². The Bertz CT molecular complexity index is 1400. The van der Waals surface area contributed by atoms with Crippen LogP contribution >= 0.6 is 0 Å². The van der Waals surface area contributed by atoms with Gasteiger partial charge in [-0.05, 0) is 57.8 Å². The fraction of sp³-hybridized carbons (Fsp3) is 0.885. The van der Waals surface area contributed by atoms with Crippen LogP contribution in [0.1, 0.15) is 251 Å². The molecule has 12 unspecified atom stereocenters. The zero-order valence-electron chi connectivity index (χ0n) is 47.3. The second kappa shape index (κ2) is 47.1. The number of unbranched alkanes of at least 4 members (excludes halogenated alkanes) is 32. The van der Waals surface area contributed by atoms with Crippen LogP contribution in [-0.2, 0) is 23.7 Å². The zero-order chi connectivity index (χ0) is 54.6. The molecule has 0 aliphatic carbocycles. The van der Waals surface area contributed by atoms with Gasteiger partial charge in [0.2, 0.25) is 5.91 Å². The Morgan fingerprint density at radius 1 is 0.467 bits per heavy atom. The molecule has 2 aliphatic rings. The van der Waals surface area contributed by atoms with Crippen molar-refractivity contribution in [2.24, 2.45) is 0 Å². The van der Waals surface area contributed by atoms with E-state index in [-0.39, 0.29) is 18.9 Å². The fourth-order valence-electron chi connectivity index (χ4n) is 10.1. The van der Waals surface area contributed by atoms with Gasteiger partial charge in [-0.25, -0.2) is 0 Å². The van der Waals surface area contributed by atoms with Crippen molar-refractivity contribution in [3.8, 4) is 0 Å². The Labute approximate surface area is 455 Å². The number of allylic oxidation sites excluding steroid dienone is 5. The number of carbonyl (C=O) groups excluding carboxylic acids is 1. The van der Waals surface area contributed by atoms with Crippen LogP contribution in [-0.4, -0.2) is 140 Å². The molecule has 2 fully saturated rings. The van der Waals surface area contributed by atoms with Gasteiger partial charge in [0.25, 0.3) is 0 Å². The maximum absolute atomic E-state index is 13.2. The Morgan fingerprint density at radius 3 is 1.33 bits per heavy atom. The molecule has 440 valence electrons. The van der Waals surface area contributed by atoms with E-state index in [0.717, 1.165) is 51.4 Å². The highest BCUT2D eigenvalue weighted by Crippen LogP contribution is 2.30. The van der Waals surface area contributed by atoms with Gasteiger partial charge >= 0.3 is 0 Å². The second-order valence-electron chi connectivity index (χ2n) is 21.8. The van der Waals surface area contributed by atoms with Gasteiger partial charge in [-0.1, -0.05) is 224 Å². The number of rotatable bonds is 49. The SMILES string of the molecule is CCCCC/C=C\CCCCCCCC(=O)NC(COC1OC(CO)C(OC2OC(CO)C(O)C(O)C2O)C(O)C1O)C(O)/C=C/CC/C=C/CCCCCCCCCCCCCCCCCCCCCCCCC. The van der Waals surface area contributed by atoms with E-state index >= 15 is 0 Å². The predicted octanol–water partition coefficient (Wildman–Crippen LogP) is 10.6. The molecule has 9 N–H and O–H groups in total. The zero-order valence-corrected chi connectivity index (χ0v) is 47.3. The molecule has 0 spiro atoms. The van der Waals surface area contributed by atoms with Gasteiger partial charge in [-0.2, -0.15) is 0 Å². The summed E-state index contributed by atoms with van der Waals surface area (Å²) in [4.78, 5) is 13.2. The van der Waals surface area contributed by atoms with Crippen LogP contribution in [0.5, 0.6) is 0 Å². The van der Waals surface area contributed by atoms with E-state index in [0.29, 0.717) is 12.8 Å². The average molecular weight is 1070 g/mol. The van der Waals surface area contributed by atoms with Crippen LogP contribution in [0, 0.1) is 0 Å². The summed E-state index contributed by atoms with van der Waals surface area (Å²) in [5, 5.41) is 87.0. The molecule has 75 heavy (non-hydrogen) atoms. The predicted molar refractivity (Wildman–Crippen MR) is 300 cm³/mol. The number of carbonyl (C=O) groups is 1. The Hall–Kier alpha value is -1.79. The van der Waals surface area contributed by atoms with E-state index in [9.17, 15) is 45.6 Å². The van der Waals surface area contributed by atoms with Gasteiger partial charge in [0, 0.05) is 6.42 Å². The van der Waals surface area contributed by atoms with E-state index < -0.39 is 86.8 Å². The molecule has 14 heteroatoms. The number of hydrogen-bond donors (Lipinski definition) is 9. The third-order valence-electron chi connectivity index (χ3n) is 15.0. The molecule has 1 amide bonds. The molecule has 0 aromatic heterocycles. The average Bonchev–Trinajstić information content (AvgIpc) is 3.41. The van der Waals surface area contributed by atoms with Crippen molar-refractivity contribution in [2.45, 2.75) is 325 Å². The van der Waals surface area contributed by atoms with Gasteiger partial charge < -0.3 is 65.1 Å². The van der Waals surface area contributed by atoms with Crippen molar-refractivity contribution in [2.75, 3.05) is 19.8 Å². The molecule has 2 saturated heterocycles. The number of aliphatic hydroxyl groups is 8. The molecule has 14 nitrogen and oxygen atoms in total. The van der Waals surface area contributed by atoms with E-state index in [4.69, 9.17) is 18.9 Å². The lowest BCUT2D eigenvalue weighted by Gasteiger charge is -2.46. The van der Waals surface area contributed by atoms with Gasteiger partial charge in [0.1, 0.15) is 48.8 Å². The molecule has 0 radical (unpaired) electrons. The first kappa shape index (κ1) is 69.3. The Morgan fingerprint density at radius 2 is 0.853 bits per heavy atom. The molecule has 12 atom stereocenters. The molecule has 0 bridgehead atoms. The lowest BCUT2D eigenvalue weighted by Crippen LogP contribution is -2.65. The number of amides is 1. The van der Waals surface area contributed by atoms with Crippen LogP contribution in [0.4, 0.5) is 0 Å². The lowest BCUT2D eigenvalue weighted by atomic mass is 9.97. The van der Waals surface area contributed by atoms with Crippen molar-refractivity contribution < 1.29 is 64.6 Å². The first-order valence-electron chi connectivity index (χ1n) is 30.7. The monoisotopic (exact) mass is 1070 g/mol. The van der Waals surface area contributed by atoms with Crippen molar-refractivity contribution in [1.82, 2.24) is 5.32 Å². The Kier molecular flexibility index (Phi) is 43.5. The molecule has 2 rings (SSSR count). The van der Waals surface area contributed by atoms with Crippen molar-refractivity contribution in [3.63, 3.8) is 0 Å². The lowest BCUT2D eigenvalue weighted by molar-refractivity contribution is -0.359. The standard InChI is InChI=1S/C61H113NO13/c1-3-5-7-9-11-13-15-17-18-19-20-21-22-23-24-25-26-27-28-29-30-31-32-33-34-36-38-40-42-44-50(65)49(62-53(66)45-43-41-39-37-35-16-14-12-10-8-6-4-2)48-72-60-58(71)56(69)59(52(47-64)74-60)75-61-57(70)55(68)54(67)51(46-63)73-61/h12,14,34,36,42,44,49-52,54-61,63-65,67-71H,3-11,13,15-33,35,37-41,43,45-48H2,1-2H3,(H,62,66)/b14-12-,36-34+,44-42+. The minimum Gasteiger partial charge on any atom is -0.394 e. The summed E-state index contributed by atoms with van der Waals surface area (Å²) in [6.45, 7) is 2.76. The van der Waals surface area contributed by atoms with Crippen LogP contribution in [0.2, 0.25) is 0 Å². The maximum Gasteiger partial charge on any atom is 0.220 e. The van der Waals surface area contributed by atoms with E-state index in [1.54, 1.807) is 6.08 Å². The third kappa shape index (κ3) is 32.8. The summed E-state index contributed by atoms with van der Waals surface area (Å²) in [6.07, 6.45) is 40.7. The first-order valence-corrected chi connectivity index (χ1v) is 30.7. The molecule has 2 aliphatic heterocycles. The third-order valence-corrected chi connectivity index (χ3v) is 15.0. The summed E-state index contributed by atoms with van der Waals surface area (Å²) in [5.41, 5.74) is 0. The highest BCUT2D eigenvalue weighted by atomic mass is 16.7. The summed E-state index contributed by atoms with van der Waals surface area (Å²) in [6, 6.07) is -0.934. The molecular formula is C61H113NO13. The largest absolute Gasteiger partial charge is 0.394 e. The molecule has 2 heterocycles. The number of nitrogens with one attached hydrogen (secondary N) is 1. The number of ether oxygens (including phenoxy) is 4. The Balaban J connectivity index is 1.71. The molecule has 0 saturated carbocycles. The topological polar surface area (TPSA) is 228 Å². The molecule has 0 aromatic rings. The summed E-state index contributed by atoms with van der Waals surface area (Å²) < 4.78 is 22.7. The van der Waals surface area contributed by atoms with Crippen molar-refractivity contribution in [1.29, 1.82) is 0 Å². The first-order chi connectivity index (χ1) is 36.6. The van der Waals surface area contributed by atoms with Crippen molar-refractivity contribution in [3.05, 3.63) is 36.5 Å². The highest BCUT2D eigenvalue weighted by Gasteiger charge is 2.51. The highest BCUT2D eigenvalue weighted by molar-refractivity contribution is 5.76.